The Morgan fingerprint density at radius 2 is 1.58 bits per heavy atom. The number of nitrogens with one attached hydrogen (secondary N) is 1. The molecule has 3 fully saturated rings. The Labute approximate surface area is 185 Å². The van der Waals surface area contributed by atoms with Gasteiger partial charge >= 0.3 is 0 Å². The van der Waals surface area contributed by atoms with E-state index in [0.717, 1.165) is 57.3 Å². The number of carbonyl (C=O) groups is 1. The molecule has 3 aliphatic rings. The highest BCUT2D eigenvalue weighted by molar-refractivity contribution is 5.87. The van der Waals surface area contributed by atoms with Crippen molar-refractivity contribution in [1.29, 1.82) is 0 Å². The van der Waals surface area contributed by atoms with E-state index in [2.05, 4.69) is 40.5 Å². The van der Waals surface area contributed by atoms with Crippen LogP contribution in [0.15, 0.2) is 60.7 Å². The molecule has 0 aromatic heterocycles. The first-order valence-electron chi connectivity index (χ1n) is 12.0. The summed E-state index contributed by atoms with van der Waals surface area (Å²) in [7, 11) is 0. The Bertz CT molecular complexity index is 869. The lowest BCUT2D eigenvalue weighted by atomic mass is 9.79. The fraction of sp³-hybridized carbons (Fsp3) is 0.519. The average molecular weight is 419 g/mol. The Morgan fingerprint density at radius 3 is 2.23 bits per heavy atom. The topological polar surface area (TPSA) is 52.6 Å². The van der Waals surface area contributed by atoms with Crippen LogP contribution in [0.3, 0.4) is 0 Å². The Morgan fingerprint density at radius 1 is 0.968 bits per heavy atom. The smallest absolute Gasteiger partial charge is 0.257 e. The van der Waals surface area contributed by atoms with Crippen molar-refractivity contribution in [3.63, 3.8) is 0 Å². The number of hydrogen-bond donors (Lipinski definition) is 2. The zero-order valence-corrected chi connectivity index (χ0v) is 18.2. The van der Waals surface area contributed by atoms with Crippen LogP contribution >= 0.6 is 0 Å². The SMILES string of the molecule is O=C(NC1C2CN(CCCc3ccccc3)CC21)C(O)(c1ccccc1)C1CCCC1. The lowest BCUT2D eigenvalue weighted by molar-refractivity contribution is -0.147. The summed E-state index contributed by atoms with van der Waals surface area (Å²) >= 11 is 0. The van der Waals surface area contributed by atoms with E-state index in [4.69, 9.17) is 0 Å². The van der Waals surface area contributed by atoms with Gasteiger partial charge in [-0.05, 0) is 55.2 Å². The van der Waals surface area contributed by atoms with E-state index in [-0.39, 0.29) is 17.9 Å². The van der Waals surface area contributed by atoms with Gasteiger partial charge in [0.05, 0.1) is 0 Å². The zero-order chi connectivity index (χ0) is 21.3. The number of nitrogens with zero attached hydrogens (tertiary/aromatic N) is 1. The van der Waals surface area contributed by atoms with Gasteiger partial charge in [0.1, 0.15) is 0 Å². The van der Waals surface area contributed by atoms with Gasteiger partial charge in [-0.1, -0.05) is 73.5 Å². The summed E-state index contributed by atoms with van der Waals surface area (Å²) < 4.78 is 0. The third-order valence-corrected chi connectivity index (χ3v) is 7.86. The molecule has 0 spiro atoms. The van der Waals surface area contributed by atoms with Gasteiger partial charge in [0.15, 0.2) is 5.60 Å². The minimum absolute atomic E-state index is 0.0166. The van der Waals surface area contributed by atoms with Gasteiger partial charge in [-0.3, -0.25) is 4.79 Å². The Kier molecular flexibility index (Phi) is 5.85. The first kappa shape index (κ1) is 20.7. The molecule has 2 aliphatic carbocycles. The molecule has 1 heterocycles. The van der Waals surface area contributed by atoms with Crippen LogP contribution < -0.4 is 5.32 Å². The van der Waals surface area contributed by atoms with Crippen molar-refractivity contribution in [2.24, 2.45) is 17.8 Å². The van der Waals surface area contributed by atoms with Crippen LogP contribution in [-0.4, -0.2) is 41.6 Å². The summed E-state index contributed by atoms with van der Waals surface area (Å²) in [6, 6.07) is 20.5. The molecule has 3 atom stereocenters. The van der Waals surface area contributed by atoms with Crippen LogP contribution in [0.25, 0.3) is 0 Å². The molecule has 2 aromatic rings. The minimum atomic E-state index is -1.40. The summed E-state index contributed by atoms with van der Waals surface area (Å²) in [5.74, 6) is 0.928. The number of piperidine rings is 1. The van der Waals surface area contributed by atoms with Gasteiger partial charge < -0.3 is 15.3 Å². The van der Waals surface area contributed by atoms with Crippen LogP contribution in [-0.2, 0) is 16.8 Å². The molecule has 0 bridgehead atoms. The third kappa shape index (κ3) is 4.16. The van der Waals surface area contributed by atoms with E-state index < -0.39 is 5.60 Å². The molecule has 1 amide bonds. The van der Waals surface area contributed by atoms with Crippen LogP contribution in [0.4, 0.5) is 0 Å². The maximum atomic E-state index is 13.4. The lowest BCUT2D eigenvalue weighted by Gasteiger charge is -2.33. The summed E-state index contributed by atoms with van der Waals surface area (Å²) in [4.78, 5) is 15.9. The van der Waals surface area contributed by atoms with Crippen LogP contribution in [0, 0.1) is 17.8 Å². The van der Waals surface area contributed by atoms with Gasteiger partial charge in [0, 0.05) is 25.0 Å². The number of amides is 1. The van der Waals surface area contributed by atoms with E-state index in [9.17, 15) is 9.90 Å². The maximum absolute atomic E-state index is 13.4. The van der Waals surface area contributed by atoms with E-state index in [1.165, 1.54) is 12.0 Å². The number of carbonyl (C=O) groups excluding carboxylic acids is 1. The standard InChI is InChI=1S/C27H34N2O2/c30-26(27(31,22-15-7-8-16-22)21-13-5-2-6-14-21)28-25-23-18-29(19-24(23)25)17-9-12-20-10-3-1-4-11-20/h1-6,10-11,13-14,22-25,31H,7-9,12,15-19H2,(H,28,30). The number of hydrogen-bond acceptors (Lipinski definition) is 3. The highest BCUT2D eigenvalue weighted by Crippen LogP contribution is 2.47. The minimum Gasteiger partial charge on any atom is -0.375 e. The normalized spacial score (nSPS) is 27.6. The van der Waals surface area contributed by atoms with Crippen molar-refractivity contribution < 1.29 is 9.90 Å². The molecule has 4 heteroatoms. The second-order valence-electron chi connectivity index (χ2n) is 9.79. The average Bonchev–Trinajstić information content (AvgIpc) is 3.22. The fourth-order valence-electron chi connectivity index (χ4n) is 6.01. The molecule has 1 saturated heterocycles. The number of benzene rings is 2. The molecular weight excluding hydrogens is 384 g/mol. The second kappa shape index (κ2) is 8.76. The summed E-state index contributed by atoms with van der Waals surface area (Å²) in [6.07, 6.45) is 6.34. The molecule has 1 aliphatic heterocycles. The third-order valence-electron chi connectivity index (χ3n) is 7.86. The van der Waals surface area contributed by atoms with E-state index in [1.54, 1.807) is 0 Å². The number of aryl methyl sites for hydroxylation is 1. The molecule has 164 valence electrons. The Hall–Kier alpha value is -2.17. The first-order chi connectivity index (χ1) is 15.2. The summed E-state index contributed by atoms with van der Waals surface area (Å²) in [5, 5.41) is 14.9. The summed E-state index contributed by atoms with van der Waals surface area (Å²) in [5.41, 5.74) is 0.751. The van der Waals surface area contributed by atoms with Gasteiger partial charge in [-0.2, -0.15) is 0 Å². The first-order valence-corrected chi connectivity index (χ1v) is 12.0. The van der Waals surface area contributed by atoms with Crippen molar-refractivity contribution >= 4 is 5.91 Å². The predicted molar refractivity (Wildman–Crippen MR) is 122 cm³/mol. The molecule has 2 saturated carbocycles. The Balaban J connectivity index is 1.15. The predicted octanol–water partition coefficient (Wildman–Crippen LogP) is 3.74. The fourth-order valence-corrected chi connectivity index (χ4v) is 6.01. The van der Waals surface area contributed by atoms with Gasteiger partial charge in [-0.25, -0.2) is 0 Å². The van der Waals surface area contributed by atoms with E-state index >= 15 is 0 Å². The molecule has 2 aromatic carbocycles. The number of fused-ring (bicyclic) bond motifs is 1. The monoisotopic (exact) mass is 418 g/mol. The van der Waals surface area contributed by atoms with Crippen molar-refractivity contribution in [3.05, 3.63) is 71.8 Å². The molecule has 2 N–H and O–H groups in total. The summed E-state index contributed by atoms with van der Waals surface area (Å²) in [6.45, 7) is 3.26. The molecule has 3 unspecified atom stereocenters. The molecule has 4 nitrogen and oxygen atoms in total. The van der Waals surface area contributed by atoms with Crippen LogP contribution in [0.5, 0.6) is 0 Å². The highest BCUT2D eigenvalue weighted by Gasteiger charge is 2.58. The van der Waals surface area contributed by atoms with Gasteiger partial charge in [0.25, 0.3) is 5.91 Å². The molecule has 31 heavy (non-hydrogen) atoms. The number of aliphatic hydroxyl groups is 1. The maximum Gasteiger partial charge on any atom is 0.257 e. The molecule has 0 radical (unpaired) electrons. The lowest BCUT2D eigenvalue weighted by Crippen LogP contribution is -2.51. The second-order valence-corrected chi connectivity index (χ2v) is 9.79. The van der Waals surface area contributed by atoms with Crippen LogP contribution in [0.2, 0.25) is 0 Å². The largest absolute Gasteiger partial charge is 0.375 e. The highest BCUT2D eigenvalue weighted by atomic mass is 16.3. The van der Waals surface area contributed by atoms with Crippen molar-refractivity contribution in [2.75, 3.05) is 19.6 Å². The van der Waals surface area contributed by atoms with Gasteiger partial charge in [-0.15, -0.1) is 0 Å². The van der Waals surface area contributed by atoms with Crippen LogP contribution in [0.1, 0.15) is 43.2 Å². The van der Waals surface area contributed by atoms with Crippen molar-refractivity contribution in [1.82, 2.24) is 10.2 Å². The quantitative estimate of drug-likeness (QED) is 0.687. The van der Waals surface area contributed by atoms with E-state index in [0.29, 0.717) is 11.8 Å². The number of likely N-dealkylation sites (tertiary alicyclic amines) is 1. The molecule has 5 rings (SSSR count). The molecular formula is C27H34N2O2. The van der Waals surface area contributed by atoms with Gasteiger partial charge in [0.2, 0.25) is 0 Å². The van der Waals surface area contributed by atoms with Crippen molar-refractivity contribution in [2.45, 2.75) is 50.2 Å². The van der Waals surface area contributed by atoms with E-state index in [1.807, 2.05) is 30.3 Å². The number of rotatable bonds is 8. The van der Waals surface area contributed by atoms with Crippen molar-refractivity contribution in [3.8, 4) is 0 Å². The zero-order valence-electron chi connectivity index (χ0n) is 18.2.